The molecule has 0 aliphatic rings. The maximum absolute atomic E-state index is 2.21. The second-order valence-corrected chi connectivity index (χ2v) is 3.39. The number of hydrogen-bond donors (Lipinski definition) is 0. The highest BCUT2D eigenvalue weighted by molar-refractivity contribution is 5.10. The van der Waals surface area contributed by atoms with Gasteiger partial charge in [-0.3, -0.25) is 0 Å². The maximum atomic E-state index is 2.21. The van der Waals surface area contributed by atoms with Crippen molar-refractivity contribution in [2.24, 2.45) is 0 Å². The van der Waals surface area contributed by atoms with Gasteiger partial charge in [0, 0.05) is 39.6 Å². The Kier molecular flexibility index (Phi) is 4.79. The lowest BCUT2D eigenvalue weighted by Gasteiger charge is -2.25. The molecular weight excluding hydrogens is 148 g/mol. The molecule has 0 radical (unpaired) electrons. The summed E-state index contributed by atoms with van der Waals surface area (Å²) in [4.78, 5) is 4.41. The van der Waals surface area contributed by atoms with E-state index in [-0.39, 0.29) is 0 Å². The predicted molar refractivity (Wildman–Crippen MR) is 55.0 cm³/mol. The molecule has 0 heterocycles. The Morgan fingerprint density at radius 1 is 0.750 bits per heavy atom. The molecule has 2 heteroatoms. The molecule has 0 unspecified atom stereocenters. The van der Waals surface area contributed by atoms with Crippen LogP contribution < -0.4 is 0 Å². The highest BCUT2D eigenvalue weighted by Gasteiger charge is 2.06. The van der Waals surface area contributed by atoms with Crippen LogP contribution in [0.1, 0.15) is 26.7 Å². The van der Waals surface area contributed by atoms with Gasteiger partial charge in [-0.2, -0.15) is 0 Å². The fourth-order valence-electron chi connectivity index (χ4n) is 1.56. The smallest absolute Gasteiger partial charge is 0.0319 e. The summed E-state index contributed by atoms with van der Waals surface area (Å²) in [6, 6.07) is 0. The highest BCUT2D eigenvalue weighted by atomic mass is 15.1. The molecule has 0 saturated heterocycles. The molecule has 0 bridgehead atoms. The largest absolute Gasteiger partial charge is 0.380 e. The Hall–Kier alpha value is -0.660. The molecule has 0 aromatic rings. The molecule has 12 heavy (non-hydrogen) atoms. The number of rotatable bonds is 4. The Labute approximate surface area is 76.9 Å². The third-order valence-corrected chi connectivity index (χ3v) is 2.08. The van der Waals surface area contributed by atoms with Crippen molar-refractivity contribution in [1.82, 2.24) is 9.80 Å². The summed E-state index contributed by atoms with van der Waals surface area (Å²) in [6.07, 6.45) is 2.21. The first kappa shape index (κ1) is 11.3. The summed E-state index contributed by atoms with van der Waals surface area (Å²) < 4.78 is 0. The van der Waals surface area contributed by atoms with Crippen LogP contribution in [-0.4, -0.2) is 38.0 Å². The van der Waals surface area contributed by atoms with Crippen molar-refractivity contribution < 1.29 is 0 Å². The van der Waals surface area contributed by atoms with E-state index in [1.165, 1.54) is 11.4 Å². The molecule has 0 aliphatic carbocycles. The van der Waals surface area contributed by atoms with E-state index >= 15 is 0 Å². The van der Waals surface area contributed by atoms with Gasteiger partial charge in [-0.15, -0.1) is 0 Å². The van der Waals surface area contributed by atoms with Gasteiger partial charge in [-0.05, 0) is 12.8 Å². The maximum Gasteiger partial charge on any atom is 0.0319 e. The first-order valence-corrected chi connectivity index (χ1v) is 4.61. The number of allylic oxidation sites excluding steroid dienone is 2. The van der Waals surface area contributed by atoms with E-state index in [2.05, 4.69) is 51.8 Å². The Bertz CT molecular complexity index is 139. The second-order valence-electron chi connectivity index (χ2n) is 3.39. The average Bonchev–Trinajstić information content (AvgIpc) is 1.98. The summed E-state index contributed by atoms with van der Waals surface area (Å²) in [5.41, 5.74) is 2.87. The van der Waals surface area contributed by atoms with Gasteiger partial charge in [0.05, 0.1) is 0 Å². The van der Waals surface area contributed by atoms with Gasteiger partial charge in [0.1, 0.15) is 0 Å². The van der Waals surface area contributed by atoms with Gasteiger partial charge in [0.15, 0.2) is 0 Å². The lowest BCUT2D eigenvalue weighted by atomic mass is 10.2. The summed E-state index contributed by atoms with van der Waals surface area (Å²) in [5.74, 6) is 0. The van der Waals surface area contributed by atoms with Gasteiger partial charge in [-0.25, -0.2) is 0 Å². The van der Waals surface area contributed by atoms with Crippen LogP contribution in [-0.2, 0) is 0 Å². The zero-order valence-corrected chi connectivity index (χ0v) is 9.31. The summed E-state index contributed by atoms with van der Waals surface area (Å²) in [6.45, 7) is 4.41. The van der Waals surface area contributed by atoms with Crippen molar-refractivity contribution in [2.45, 2.75) is 26.7 Å². The summed E-state index contributed by atoms with van der Waals surface area (Å²) >= 11 is 0. The lowest BCUT2D eigenvalue weighted by Crippen LogP contribution is -2.20. The second kappa shape index (κ2) is 5.07. The summed E-state index contributed by atoms with van der Waals surface area (Å²) in [7, 11) is 8.44. The van der Waals surface area contributed by atoms with Crippen LogP contribution in [0.25, 0.3) is 0 Å². The van der Waals surface area contributed by atoms with Crippen LogP contribution >= 0.6 is 0 Å². The van der Waals surface area contributed by atoms with E-state index in [0.29, 0.717) is 0 Å². The minimum atomic E-state index is 1.11. The van der Waals surface area contributed by atoms with Crippen LogP contribution in [0.5, 0.6) is 0 Å². The van der Waals surface area contributed by atoms with E-state index in [1.807, 2.05) is 0 Å². The van der Waals surface area contributed by atoms with Crippen LogP contribution in [0.4, 0.5) is 0 Å². The zero-order chi connectivity index (χ0) is 9.72. The van der Waals surface area contributed by atoms with E-state index < -0.39 is 0 Å². The van der Waals surface area contributed by atoms with Gasteiger partial charge >= 0.3 is 0 Å². The van der Waals surface area contributed by atoms with Crippen molar-refractivity contribution in [2.75, 3.05) is 28.2 Å². The first-order chi connectivity index (χ1) is 5.54. The van der Waals surface area contributed by atoms with Crippen molar-refractivity contribution in [1.29, 1.82) is 0 Å². The van der Waals surface area contributed by atoms with E-state index in [4.69, 9.17) is 0 Å². The first-order valence-electron chi connectivity index (χ1n) is 4.61. The Morgan fingerprint density at radius 2 is 1.00 bits per heavy atom. The van der Waals surface area contributed by atoms with E-state index in [9.17, 15) is 0 Å². The minimum Gasteiger partial charge on any atom is -0.380 e. The predicted octanol–water partition coefficient (Wildman–Crippen LogP) is 2.14. The van der Waals surface area contributed by atoms with Crippen molar-refractivity contribution in [3.63, 3.8) is 0 Å². The topological polar surface area (TPSA) is 6.48 Å². The van der Waals surface area contributed by atoms with Gasteiger partial charge in [-0.1, -0.05) is 13.8 Å². The monoisotopic (exact) mass is 170 g/mol. The van der Waals surface area contributed by atoms with Crippen LogP contribution in [0.3, 0.4) is 0 Å². The Balaban J connectivity index is 4.74. The molecule has 72 valence electrons. The SMILES string of the molecule is CCC(=C(CC)N(C)C)N(C)C. The highest BCUT2D eigenvalue weighted by Crippen LogP contribution is 2.15. The zero-order valence-electron chi connectivity index (χ0n) is 9.31. The normalized spacial score (nSPS) is 12.5. The molecule has 0 atom stereocenters. The van der Waals surface area contributed by atoms with Gasteiger partial charge in [0.25, 0.3) is 0 Å². The molecule has 2 nitrogen and oxygen atoms in total. The third-order valence-electron chi connectivity index (χ3n) is 2.08. The molecule has 0 aliphatic heterocycles. The Morgan fingerprint density at radius 3 is 1.08 bits per heavy atom. The van der Waals surface area contributed by atoms with Crippen molar-refractivity contribution in [3.05, 3.63) is 11.4 Å². The molecule has 0 aromatic heterocycles. The number of nitrogens with zero attached hydrogens (tertiary/aromatic N) is 2. The molecular formula is C10H22N2. The van der Waals surface area contributed by atoms with Gasteiger partial charge in [0.2, 0.25) is 0 Å². The van der Waals surface area contributed by atoms with E-state index in [0.717, 1.165) is 12.8 Å². The van der Waals surface area contributed by atoms with Crippen LogP contribution in [0.2, 0.25) is 0 Å². The molecule has 0 spiro atoms. The lowest BCUT2D eigenvalue weighted by molar-refractivity contribution is 0.418. The summed E-state index contributed by atoms with van der Waals surface area (Å²) in [5, 5.41) is 0. The third kappa shape index (κ3) is 2.76. The molecule has 0 N–H and O–H groups in total. The van der Waals surface area contributed by atoms with Crippen LogP contribution in [0, 0.1) is 0 Å². The van der Waals surface area contributed by atoms with Crippen molar-refractivity contribution >= 4 is 0 Å². The van der Waals surface area contributed by atoms with Crippen LogP contribution in [0.15, 0.2) is 11.4 Å². The fraction of sp³-hybridized carbons (Fsp3) is 0.800. The molecule has 0 fully saturated rings. The number of hydrogen-bond acceptors (Lipinski definition) is 2. The quantitative estimate of drug-likeness (QED) is 0.638. The molecule has 0 amide bonds. The molecule has 0 aromatic carbocycles. The minimum absolute atomic E-state index is 1.11. The van der Waals surface area contributed by atoms with Crippen molar-refractivity contribution in [3.8, 4) is 0 Å². The fourth-order valence-corrected chi connectivity index (χ4v) is 1.56. The average molecular weight is 170 g/mol. The molecule has 0 rings (SSSR count). The molecule has 0 saturated carbocycles. The van der Waals surface area contributed by atoms with E-state index in [1.54, 1.807) is 0 Å². The van der Waals surface area contributed by atoms with Gasteiger partial charge < -0.3 is 9.80 Å². The standard InChI is InChI=1S/C10H22N2/c1-7-9(11(3)4)10(8-2)12(5)6/h7-8H2,1-6H3.